The van der Waals surface area contributed by atoms with Gasteiger partial charge in [-0.25, -0.2) is 0 Å². The summed E-state index contributed by atoms with van der Waals surface area (Å²) in [7, 11) is -1.18. The van der Waals surface area contributed by atoms with Gasteiger partial charge in [0.2, 0.25) is 5.91 Å². The van der Waals surface area contributed by atoms with Gasteiger partial charge in [0, 0.05) is 26.1 Å². The number of amides is 1. The third-order valence-corrected chi connectivity index (χ3v) is 9.01. The summed E-state index contributed by atoms with van der Waals surface area (Å²) in [5.74, 6) is 0.287. The van der Waals surface area contributed by atoms with E-state index in [1.165, 1.54) is 33.5 Å². The Kier molecular flexibility index (Phi) is 6.49. The fourth-order valence-electron chi connectivity index (χ4n) is 5.97. The highest BCUT2D eigenvalue weighted by Gasteiger charge is 2.55. The molecule has 1 amide bonds. The molecule has 0 saturated heterocycles. The third kappa shape index (κ3) is 4.18. The van der Waals surface area contributed by atoms with Crippen molar-refractivity contribution in [3.05, 3.63) is 0 Å². The highest BCUT2D eigenvalue weighted by molar-refractivity contribution is 7.55. The van der Waals surface area contributed by atoms with Crippen molar-refractivity contribution in [1.82, 2.24) is 5.32 Å². The fourth-order valence-corrected chi connectivity index (χ4v) is 7.30. The zero-order chi connectivity index (χ0) is 19.7. The van der Waals surface area contributed by atoms with E-state index in [0.29, 0.717) is 24.2 Å². The number of hydrogen-bond acceptors (Lipinski definition) is 5. The lowest BCUT2D eigenvalue weighted by Gasteiger charge is -2.55. The summed E-state index contributed by atoms with van der Waals surface area (Å²) in [4.78, 5) is 26.1. The van der Waals surface area contributed by atoms with E-state index in [1.54, 1.807) is 0 Å². The SMILES string of the molecule is CCCCCC(=O)C(NC(=O)C12CC3CC(CC(C3)C1)C2)P(=O)(OC)OC. The van der Waals surface area contributed by atoms with E-state index in [-0.39, 0.29) is 18.1 Å². The van der Waals surface area contributed by atoms with E-state index < -0.39 is 18.8 Å². The molecule has 4 fully saturated rings. The number of ketones is 1. The first kappa shape index (κ1) is 21.0. The molecule has 7 heteroatoms. The van der Waals surface area contributed by atoms with Crippen LogP contribution in [0.2, 0.25) is 0 Å². The molecule has 4 bridgehead atoms. The van der Waals surface area contributed by atoms with Gasteiger partial charge in [-0.1, -0.05) is 19.8 Å². The molecule has 4 saturated carbocycles. The summed E-state index contributed by atoms with van der Waals surface area (Å²) in [6, 6.07) is 0. The van der Waals surface area contributed by atoms with Gasteiger partial charge in [-0.2, -0.15) is 0 Å². The highest BCUT2D eigenvalue weighted by Crippen LogP contribution is 2.60. The Morgan fingerprint density at radius 3 is 2.00 bits per heavy atom. The van der Waals surface area contributed by atoms with Gasteiger partial charge >= 0.3 is 7.60 Å². The van der Waals surface area contributed by atoms with Crippen LogP contribution < -0.4 is 5.32 Å². The van der Waals surface area contributed by atoms with Crippen LogP contribution in [0.25, 0.3) is 0 Å². The van der Waals surface area contributed by atoms with Gasteiger partial charge in [-0.3, -0.25) is 14.2 Å². The summed E-state index contributed by atoms with van der Waals surface area (Å²) in [6.45, 7) is 2.06. The quantitative estimate of drug-likeness (QED) is 0.438. The van der Waals surface area contributed by atoms with Crippen LogP contribution >= 0.6 is 7.60 Å². The summed E-state index contributed by atoms with van der Waals surface area (Å²) in [6.07, 6.45) is 9.30. The standard InChI is InChI=1S/C20H34NO5P/c1-4-5-6-7-17(22)18(27(24,25-2)26-3)21-19(23)20-11-14-8-15(12-20)10-16(9-14)13-20/h14-16,18H,4-13H2,1-3H3,(H,21,23). The molecule has 4 aliphatic carbocycles. The second-order valence-corrected chi connectivity index (χ2v) is 11.2. The van der Waals surface area contributed by atoms with Crippen molar-refractivity contribution in [2.75, 3.05) is 14.2 Å². The van der Waals surface area contributed by atoms with Crippen molar-refractivity contribution < 1.29 is 23.2 Å². The number of rotatable bonds is 10. The maximum Gasteiger partial charge on any atom is 0.359 e. The molecule has 0 heterocycles. The minimum Gasteiger partial charge on any atom is -0.335 e. The number of carbonyl (C=O) groups is 2. The maximum absolute atomic E-state index is 13.3. The summed E-state index contributed by atoms with van der Waals surface area (Å²) >= 11 is 0. The van der Waals surface area contributed by atoms with E-state index in [4.69, 9.17) is 9.05 Å². The van der Waals surface area contributed by atoms with Gasteiger partial charge in [0.05, 0.1) is 0 Å². The number of Topliss-reactive ketones (excluding diaryl/α,β-unsaturated/α-hetero) is 1. The van der Waals surface area contributed by atoms with Crippen LogP contribution in [-0.4, -0.2) is 31.7 Å². The lowest BCUT2D eigenvalue weighted by atomic mass is 9.49. The average molecular weight is 399 g/mol. The normalized spacial score (nSPS) is 33.1. The summed E-state index contributed by atoms with van der Waals surface area (Å²) in [5.41, 5.74) is -0.400. The molecule has 27 heavy (non-hydrogen) atoms. The van der Waals surface area contributed by atoms with Crippen LogP contribution in [0.5, 0.6) is 0 Å². The van der Waals surface area contributed by atoms with Crippen LogP contribution in [0.3, 0.4) is 0 Å². The van der Waals surface area contributed by atoms with E-state index in [0.717, 1.165) is 32.1 Å². The first-order valence-electron chi connectivity index (χ1n) is 10.4. The van der Waals surface area contributed by atoms with Gasteiger partial charge in [0.1, 0.15) is 0 Å². The Morgan fingerprint density at radius 2 is 1.56 bits per heavy atom. The number of unbranched alkanes of at least 4 members (excludes halogenated alkanes) is 2. The van der Waals surface area contributed by atoms with Crippen molar-refractivity contribution in [3.63, 3.8) is 0 Å². The minimum atomic E-state index is -3.72. The Balaban J connectivity index is 1.76. The van der Waals surface area contributed by atoms with Crippen molar-refractivity contribution in [3.8, 4) is 0 Å². The lowest BCUT2D eigenvalue weighted by Crippen LogP contribution is -2.56. The average Bonchev–Trinajstić information content (AvgIpc) is 2.64. The molecule has 154 valence electrons. The van der Waals surface area contributed by atoms with Gasteiger partial charge in [0.25, 0.3) is 0 Å². The molecule has 6 nitrogen and oxygen atoms in total. The molecular formula is C20H34NO5P. The molecule has 1 N–H and O–H groups in total. The molecule has 0 aromatic heterocycles. The zero-order valence-corrected chi connectivity index (χ0v) is 17.8. The lowest BCUT2D eigenvalue weighted by molar-refractivity contribution is -0.147. The van der Waals surface area contributed by atoms with E-state index in [1.807, 2.05) is 0 Å². The maximum atomic E-state index is 13.3. The van der Waals surface area contributed by atoms with Crippen molar-refractivity contribution in [1.29, 1.82) is 0 Å². The van der Waals surface area contributed by atoms with Gasteiger partial charge in [0.15, 0.2) is 11.6 Å². The van der Waals surface area contributed by atoms with Crippen molar-refractivity contribution in [2.45, 2.75) is 76.9 Å². The van der Waals surface area contributed by atoms with Crippen LogP contribution in [0.15, 0.2) is 0 Å². The predicted molar refractivity (Wildman–Crippen MR) is 103 cm³/mol. The molecular weight excluding hydrogens is 365 g/mol. The van der Waals surface area contributed by atoms with E-state index >= 15 is 0 Å². The minimum absolute atomic E-state index is 0.121. The van der Waals surface area contributed by atoms with E-state index in [2.05, 4.69) is 12.2 Å². The van der Waals surface area contributed by atoms with Crippen molar-refractivity contribution in [2.24, 2.45) is 23.2 Å². The molecule has 0 aliphatic heterocycles. The smallest absolute Gasteiger partial charge is 0.335 e. The largest absolute Gasteiger partial charge is 0.359 e. The van der Waals surface area contributed by atoms with Gasteiger partial charge < -0.3 is 14.4 Å². The summed E-state index contributed by atoms with van der Waals surface area (Å²) < 4.78 is 23.2. The van der Waals surface area contributed by atoms with Crippen LogP contribution in [0.4, 0.5) is 0 Å². The predicted octanol–water partition coefficient (Wildman–Crippen LogP) is 4.28. The molecule has 1 atom stereocenters. The van der Waals surface area contributed by atoms with Gasteiger partial charge in [-0.05, 0) is 62.7 Å². The fraction of sp³-hybridized carbons (Fsp3) is 0.900. The van der Waals surface area contributed by atoms with Crippen LogP contribution in [0.1, 0.15) is 71.1 Å². The third-order valence-electron chi connectivity index (χ3n) is 6.94. The van der Waals surface area contributed by atoms with Crippen LogP contribution in [-0.2, 0) is 23.2 Å². The highest BCUT2D eigenvalue weighted by atomic mass is 31.2. The Morgan fingerprint density at radius 1 is 1.04 bits per heavy atom. The topological polar surface area (TPSA) is 81.7 Å². The Labute approximate surface area is 162 Å². The molecule has 0 spiro atoms. The second kappa shape index (κ2) is 8.34. The first-order chi connectivity index (χ1) is 12.9. The second-order valence-electron chi connectivity index (χ2n) is 8.90. The molecule has 1 unspecified atom stereocenters. The molecule has 0 aromatic carbocycles. The van der Waals surface area contributed by atoms with E-state index in [9.17, 15) is 14.2 Å². The van der Waals surface area contributed by atoms with Gasteiger partial charge in [-0.15, -0.1) is 0 Å². The first-order valence-corrected chi connectivity index (χ1v) is 12.0. The molecule has 4 rings (SSSR count). The van der Waals surface area contributed by atoms with Crippen molar-refractivity contribution >= 4 is 19.3 Å². The van der Waals surface area contributed by atoms with Crippen LogP contribution in [0, 0.1) is 23.2 Å². The zero-order valence-electron chi connectivity index (χ0n) is 16.9. The Bertz CT molecular complexity index is 576. The molecule has 0 radical (unpaired) electrons. The number of carbonyl (C=O) groups excluding carboxylic acids is 2. The summed E-state index contributed by atoms with van der Waals surface area (Å²) in [5, 5.41) is 2.84. The molecule has 0 aromatic rings. The number of hydrogen-bond donors (Lipinski definition) is 1. The Hall–Kier alpha value is -0.710. The number of nitrogens with one attached hydrogen (secondary N) is 1. The monoisotopic (exact) mass is 399 g/mol. The molecule has 4 aliphatic rings.